The zero-order chi connectivity index (χ0) is 16.3. The van der Waals surface area contributed by atoms with Crippen LogP contribution in [0, 0.1) is 10.8 Å². The first-order chi connectivity index (χ1) is 9.67. The van der Waals surface area contributed by atoms with Crippen molar-refractivity contribution in [2.75, 3.05) is 6.54 Å². The molecule has 1 fully saturated rings. The highest BCUT2D eigenvalue weighted by Gasteiger charge is 2.48. The van der Waals surface area contributed by atoms with E-state index in [-0.39, 0.29) is 23.7 Å². The van der Waals surface area contributed by atoms with Gasteiger partial charge in [0, 0.05) is 19.4 Å². The van der Waals surface area contributed by atoms with Gasteiger partial charge >= 0.3 is 5.97 Å². The number of carbonyl (C=O) groups is 3. The minimum Gasteiger partial charge on any atom is -0.481 e. The fraction of sp³-hybridized carbons (Fsp3) is 0.812. The monoisotopic (exact) mass is 297 g/mol. The van der Waals surface area contributed by atoms with E-state index in [0.717, 1.165) is 0 Å². The Bertz CT molecular complexity index is 424. The second-order valence-corrected chi connectivity index (χ2v) is 6.82. The maximum absolute atomic E-state index is 12.5. The van der Waals surface area contributed by atoms with Crippen molar-refractivity contribution in [3.63, 3.8) is 0 Å². The molecular formula is C16H27NO4. The molecule has 1 saturated heterocycles. The highest BCUT2D eigenvalue weighted by atomic mass is 16.4. The molecule has 1 heterocycles. The van der Waals surface area contributed by atoms with Crippen molar-refractivity contribution < 1.29 is 19.5 Å². The van der Waals surface area contributed by atoms with E-state index in [9.17, 15) is 14.4 Å². The lowest BCUT2D eigenvalue weighted by Gasteiger charge is -2.28. The topological polar surface area (TPSA) is 74.7 Å². The second-order valence-electron chi connectivity index (χ2n) is 6.82. The number of hydrogen-bond acceptors (Lipinski definition) is 3. The Morgan fingerprint density at radius 2 is 1.81 bits per heavy atom. The van der Waals surface area contributed by atoms with E-state index in [0.29, 0.717) is 38.6 Å². The smallest absolute Gasteiger partial charge is 0.303 e. The molecule has 0 spiro atoms. The highest BCUT2D eigenvalue weighted by Crippen LogP contribution is 2.40. The minimum atomic E-state index is -0.813. The van der Waals surface area contributed by atoms with Gasteiger partial charge < -0.3 is 5.11 Å². The molecule has 1 N–H and O–H groups in total. The Morgan fingerprint density at radius 1 is 1.24 bits per heavy atom. The van der Waals surface area contributed by atoms with Gasteiger partial charge in [-0.05, 0) is 31.1 Å². The summed E-state index contributed by atoms with van der Waals surface area (Å²) >= 11 is 0. The Kier molecular flexibility index (Phi) is 5.54. The van der Waals surface area contributed by atoms with Crippen LogP contribution in [0.1, 0.15) is 66.2 Å². The Morgan fingerprint density at radius 3 is 2.24 bits per heavy atom. The Labute approximate surface area is 126 Å². The molecule has 1 rings (SSSR count). The van der Waals surface area contributed by atoms with E-state index in [1.807, 2.05) is 27.7 Å². The summed E-state index contributed by atoms with van der Waals surface area (Å²) in [6.45, 7) is 8.26. The third-order valence-corrected chi connectivity index (χ3v) is 4.87. The van der Waals surface area contributed by atoms with Crippen molar-refractivity contribution in [3.8, 4) is 0 Å². The standard InChI is InChI=1S/C16H27NO4/c1-5-16(6-2)11-12(18)17(14(16)21)10-9-15(3,4)8-7-13(19)20/h5-11H2,1-4H3,(H,19,20). The van der Waals surface area contributed by atoms with Crippen molar-refractivity contribution in [2.45, 2.75) is 66.2 Å². The summed E-state index contributed by atoms with van der Waals surface area (Å²) in [6, 6.07) is 0. The number of carboxylic acids is 1. The molecule has 5 heteroatoms. The molecule has 0 aliphatic carbocycles. The quantitative estimate of drug-likeness (QED) is 0.699. The van der Waals surface area contributed by atoms with E-state index >= 15 is 0 Å². The van der Waals surface area contributed by atoms with Crippen molar-refractivity contribution >= 4 is 17.8 Å². The number of aliphatic carboxylic acids is 1. The first-order valence-electron chi connectivity index (χ1n) is 7.74. The van der Waals surface area contributed by atoms with E-state index in [1.165, 1.54) is 4.90 Å². The maximum Gasteiger partial charge on any atom is 0.303 e. The van der Waals surface area contributed by atoms with Gasteiger partial charge in [0.2, 0.25) is 11.8 Å². The van der Waals surface area contributed by atoms with Gasteiger partial charge in [-0.1, -0.05) is 27.7 Å². The van der Waals surface area contributed by atoms with Gasteiger partial charge in [-0.15, -0.1) is 0 Å². The Hall–Kier alpha value is -1.39. The molecule has 0 aromatic carbocycles. The molecule has 0 atom stereocenters. The van der Waals surface area contributed by atoms with Crippen LogP contribution in [0.3, 0.4) is 0 Å². The van der Waals surface area contributed by atoms with E-state index < -0.39 is 11.4 Å². The minimum absolute atomic E-state index is 0.0495. The number of carbonyl (C=O) groups excluding carboxylic acids is 2. The van der Waals surface area contributed by atoms with Crippen molar-refractivity contribution in [1.82, 2.24) is 4.90 Å². The summed E-state index contributed by atoms with van der Waals surface area (Å²) in [6.07, 6.45) is 2.99. The van der Waals surface area contributed by atoms with Gasteiger partial charge in [0.1, 0.15) is 0 Å². The molecular weight excluding hydrogens is 270 g/mol. The largest absolute Gasteiger partial charge is 0.481 e. The molecule has 0 unspecified atom stereocenters. The molecule has 1 aliphatic heterocycles. The van der Waals surface area contributed by atoms with Crippen molar-refractivity contribution in [1.29, 1.82) is 0 Å². The van der Waals surface area contributed by atoms with Crippen LogP contribution in [0.25, 0.3) is 0 Å². The number of nitrogens with zero attached hydrogens (tertiary/aromatic N) is 1. The third-order valence-electron chi connectivity index (χ3n) is 4.87. The molecule has 120 valence electrons. The van der Waals surface area contributed by atoms with Crippen LogP contribution in [0.5, 0.6) is 0 Å². The predicted octanol–water partition coefficient (Wildman–Crippen LogP) is 2.83. The number of imide groups is 1. The molecule has 0 bridgehead atoms. The van der Waals surface area contributed by atoms with Gasteiger partial charge in [0.15, 0.2) is 0 Å². The normalized spacial score (nSPS) is 18.4. The van der Waals surface area contributed by atoms with E-state index in [4.69, 9.17) is 5.11 Å². The van der Waals surface area contributed by atoms with Gasteiger partial charge in [-0.2, -0.15) is 0 Å². The summed E-state index contributed by atoms with van der Waals surface area (Å²) in [5, 5.41) is 8.75. The number of amides is 2. The zero-order valence-corrected chi connectivity index (χ0v) is 13.6. The average Bonchev–Trinajstić information content (AvgIpc) is 2.66. The fourth-order valence-corrected chi connectivity index (χ4v) is 2.87. The van der Waals surface area contributed by atoms with Crippen molar-refractivity contribution in [2.24, 2.45) is 10.8 Å². The fourth-order valence-electron chi connectivity index (χ4n) is 2.87. The summed E-state index contributed by atoms with van der Waals surface area (Å²) in [4.78, 5) is 36.6. The number of carboxylic acid groups (broad SMARTS) is 1. The molecule has 0 saturated carbocycles. The van der Waals surface area contributed by atoms with Crippen molar-refractivity contribution in [3.05, 3.63) is 0 Å². The first kappa shape index (κ1) is 17.7. The van der Waals surface area contributed by atoms with Crippen LogP contribution in [0.15, 0.2) is 0 Å². The predicted molar refractivity (Wildman–Crippen MR) is 79.6 cm³/mol. The van der Waals surface area contributed by atoms with Crippen LogP contribution in [0.2, 0.25) is 0 Å². The zero-order valence-electron chi connectivity index (χ0n) is 13.6. The lowest BCUT2D eigenvalue weighted by molar-refractivity contribution is -0.142. The first-order valence-corrected chi connectivity index (χ1v) is 7.74. The summed E-state index contributed by atoms with van der Waals surface area (Å²) in [5.74, 6) is -0.948. The highest BCUT2D eigenvalue weighted by molar-refractivity contribution is 6.05. The van der Waals surface area contributed by atoms with Gasteiger partial charge in [-0.25, -0.2) is 0 Å². The van der Waals surface area contributed by atoms with Crippen LogP contribution < -0.4 is 0 Å². The SMILES string of the molecule is CCC1(CC)CC(=O)N(CCC(C)(C)CCC(=O)O)C1=O. The van der Waals surface area contributed by atoms with Crippen LogP contribution in [-0.4, -0.2) is 34.3 Å². The number of likely N-dealkylation sites (tertiary alicyclic amines) is 1. The molecule has 0 aromatic heterocycles. The van der Waals surface area contributed by atoms with Gasteiger partial charge in [0.05, 0.1) is 5.41 Å². The molecule has 2 amide bonds. The van der Waals surface area contributed by atoms with E-state index in [2.05, 4.69) is 0 Å². The van der Waals surface area contributed by atoms with Gasteiger partial charge in [-0.3, -0.25) is 19.3 Å². The lowest BCUT2D eigenvalue weighted by Crippen LogP contribution is -2.37. The van der Waals surface area contributed by atoms with Crippen LogP contribution >= 0.6 is 0 Å². The van der Waals surface area contributed by atoms with E-state index in [1.54, 1.807) is 0 Å². The van der Waals surface area contributed by atoms with Crippen LogP contribution in [-0.2, 0) is 14.4 Å². The molecule has 21 heavy (non-hydrogen) atoms. The molecule has 0 radical (unpaired) electrons. The summed E-state index contributed by atoms with van der Waals surface area (Å²) < 4.78 is 0. The average molecular weight is 297 g/mol. The second kappa shape index (κ2) is 6.58. The summed E-state index contributed by atoms with van der Waals surface area (Å²) in [7, 11) is 0. The maximum atomic E-state index is 12.5. The third kappa shape index (κ3) is 4.05. The number of hydrogen-bond donors (Lipinski definition) is 1. The summed E-state index contributed by atoms with van der Waals surface area (Å²) in [5.41, 5.74) is -0.703. The number of rotatable bonds is 8. The lowest BCUT2D eigenvalue weighted by atomic mass is 9.81. The molecule has 0 aromatic rings. The molecule has 5 nitrogen and oxygen atoms in total. The van der Waals surface area contributed by atoms with Gasteiger partial charge in [0.25, 0.3) is 0 Å². The Balaban J connectivity index is 2.65. The molecule has 1 aliphatic rings. The van der Waals surface area contributed by atoms with Crippen LogP contribution in [0.4, 0.5) is 0 Å².